The highest BCUT2D eigenvalue weighted by molar-refractivity contribution is 7.89. The van der Waals surface area contributed by atoms with Crippen molar-refractivity contribution in [3.05, 3.63) is 119 Å². The quantitative estimate of drug-likeness (QED) is 0.215. The van der Waals surface area contributed by atoms with Crippen LogP contribution in [0.2, 0.25) is 5.02 Å². The van der Waals surface area contributed by atoms with Crippen molar-refractivity contribution in [1.29, 1.82) is 0 Å². The molecule has 0 atom stereocenters. The van der Waals surface area contributed by atoms with Gasteiger partial charge in [-0.25, -0.2) is 17.1 Å². The molecular weight excluding hydrogens is 511 g/mol. The third-order valence-electron chi connectivity index (χ3n) is 5.68. The predicted octanol–water partition coefficient (Wildman–Crippen LogP) is 6.58. The molecule has 0 aliphatic rings. The lowest BCUT2D eigenvalue weighted by atomic mass is 9.98. The van der Waals surface area contributed by atoms with Gasteiger partial charge >= 0.3 is 0 Å². The zero-order valence-corrected chi connectivity index (χ0v) is 21.7. The number of carbonyl (C=O) groups excluding carboxylic acids is 1. The number of nitrogens with zero attached hydrogens (tertiary/aromatic N) is 1. The number of sulfonamides is 1. The minimum Gasteiger partial charge on any atom is -0.322 e. The number of anilines is 1. The van der Waals surface area contributed by atoms with E-state index in [1.165, 1.54) is 44.4 Å². The van der Waals surface area contributed by atoms with Gasteiger partial charge in [0.15, 0.2) is 0 Å². The van der Waals surface area contributed by atoms with Crippen molar-refractivity contribution < 1.29 is 17.6 Å². The van der Waals surface area contributed by atoms with E-state index < -0.39 is 15.9 Å². The van der Waals surface area contributed by atoms with Crippen LogP contribution in [-0.2, 0) is 14.8 Å². The number of amides is 1. The Labute approximate surface area is 220 Å². The largest absolute Gasteiger partial charge is 0.322 e. The summed E-state index contributed by atoms with van der Waals surface area (Å²) in [7, 11) is -1.02. The molecule has 0 saturated heterocycles. The van der Waals surface area contributed by atoms with Crippen LogP contribution in [0.1, 0.15) is 11.1 Å². The van der Waals surface area contributed by atoms with Gasteiger partial charge in [-0.3, -0.25) is 4.79 Å². The molecule has 5 nitrogen and oxygen atoms in total. The Morgan fingerprint density at radius 3 is 2.11 bits per heavy atom. The third-order valence-corrected chi connectivity index (χ3v) is 7.97. The SMILES string of the molecule is CN(C)S(=O)(=O)c1cc(NC(=O)/C(=C/c2ccc(F)cc2)c2ccc(-c3ccccc3)cc2)ccc1Cl. The van der Waals surface area contributed by atoms with Crippen molar-refractivity contribution in [2.45, 2.75) is 4.90 Å². The molecule has 1 N–H and O–H groups in total. The van der Waals surface area contributed by atoms with E-state index in [9.17, 15) is 17.6 Å². The van der Waals surface area contributed by atoms with Crippen LogP contribution in [-0.4, -0.2) is 32.7 Å². The Balaban J connectivity index is 1.71. The highest BCUT2D eigenvalue weighted by atomic mass is 35.5. The normalized spacial score (nSPS) is 12.0. The lowest BCUT2D eigenvalue weighted by Gasteiger charge is -2.15. The van der Waals surface area contributed by atoms with Gasteiger partial charge in [0.05, 0.1) is 5.02 Å². The molecule has 4 aromatic carbocycles. The predicted molar refractivity (Wildman–Crippen MR) is 147 cm³/mol. The minimum atomic E-state index is -3.82. The van der Waals surface area contributed by atoms with E-state index in [-0.39, 0.29) is 21.4 Å². The summed E-state index contributed by atoms with van der Waals surface area (Å²) in [6, 6.07) is 27.4. The third kappa shape index (κ3) is 6.14. The van der Waals surface area contributed by atoms with Gasteiger partial charge in [-0.1, -0.05) is 78.3 Å². The molecule has 0 spiro atoms. The molecule has 1 amide bonds. The zero-order valence-electron chi connectivity index (χ0n) is 20.2. The molecule has 0 unspecified atom stereocenters. The molecule has 37 heavy (non-hydrogen) atoms. The van der Waals surface area contributed by atoms with Crippen LogP contribution >= 0.6 is 11.6 Å². The summed E-state index contributed by atoms with van der Waals surface area (Å²) >= 11 is 6.14. The molecule has 0 aromatic heterocycles. The second-order valence-corrected chi connectivity index (χ2v) is 11.0. The fourth-order valence-corrected chi connectivity index (χ4v) is 5.05. The molecule has 0 saturated carbocycles. The van der Waals surface area contributed by atoms with Crippen LogP contribution in [0.15, 0.2) is 102 Å². The van der Waals surface area contributed by atoms with E-state index in [0.717, 1.165) is 15.4 Å². The second-order valence-electron chi connectivity index (χ2n) is 8.44. The number of carbonyl (C=O) groups is 1. The minimum absolute atomic E-state index is 0.0466. The lowest BCUT2D eigenvalue weighted by molar-refractivity contribution is -0.111. The fourth-order valence-electron chi connectivity index (χ4n) is 3.65. The molecule has 4 rings (SSSR count). The molecule has 0 radical (unpaired) electrons. The number of hydrogen-bond donors (Lipinski definition) is 1. The summed E-state index contributed by atoms with van der Waals surface area (Å²) in [5.41, 5.74) is 3.88. The van der Waals surface area contributed by atoms with Crippen LogP contribution in [0.25, 0.3) is 22.8 Å². The average Bonchev–Trinajstić information content (AvgIpc) is 2.90. The Kier molecular flexibility index (Phi) is 7.88. The van der Waals surface area contributed by atoms with Crippen LogP contribution < -0.4 is 5.32 Å². The number of benzene rings is 4. The number of hydrogen-bond acceptors (Lipinski definition) is 3. The molecule has 0 heterocycles. The maximum atomic E-state index is 13.5. The molecule has 0 aliphatic heterocycles. The van der Waals surface area contributed by atoms with Gasteiger partial charge < -0.3 is 5.32 Å². The van der Waals surface area contributed by atoms with Gasteiger partial charge in [0.2, 0.25) is 10.0 Å². The Morgan fingerprint density at radius 1 is 0.865 bits per heavy atom. The van der Waals surface area contributed by atoms with Crippen molar-refractivity contribution in [2.75, 3.05) is 19.4 Å². The topological polar surface area (TPSA) is 66.5 Å². The summed E-state index contributed by atoms with van der Waals surface area (Å²) in [6.07, 6.45) is 1.65. The van der Waals surface area contributed by atoms with E-state index in [1.54, 1.807) is 18.2 Å². The van der Waals surface area contributed by atoms with Gasteiger partial charge in [-0.15, -0.1) is 0 Å². The summed E-state index contributed by atoms with van der Waals surface area (Å²) in [4.78, 5) is 13.4. The van der Waals surface area contributed by atoms with Crippen molar-refractivity contribution in [1.82, 2.24) is 4.31 Å². The maximum Gasteiger partial charge on any atom is 0.256 e. The van der Waals surface area contributed by atoms with Gasteiger partial charge in [-0.05, 0) is 58.7 Å². The maximum absolute atomic E-state index is 13.5. The van der Waals surface area contributed by atoms with E-state index in [4.69, 9.17) is 11.6 Å². The first-order chi connectivity index (χ1) is 17.6. The van der Waals surface area contributed by atoms with Crippen LogP contribution in [0.5, 0.6) is 0 Å². The molecule has 0 aliphatic carbocycles. The molecule has 0 fully saturated rings. The molecule has 0 bridgehead atoms. The average molecular weight is 535 g/mol. The van der Waals surface area contributed by atoms with Crippen molar-refractivity contribution in [3.63, 3.8) is 0 Å². The van der Waals surface area contributed by atoms with Crippen molar-refractivity contribution >= 4 is 44.9 Å². The van der Waals surface area contributed by atoms with Gasteiger partial charge in [0, 0.05) is 25.4 Å². The Bertz CT molecular complexity index is 1550. The van der Waals surface area contributed by atoms with Gasteiger partial charge in [-0.2, -0.15) is 0 Å². The number of halogens is 2. The van der Waals surface area contributed by atoms with E-state index in [1.807, 2.05) is 54.6 Å². The van der Waals surface area contributed by atoms with Crippen molar-refractivity contribution in [2.24, 2.45) is 0 Å². The molecule has 8 heteroatoms. The molecular formula is C29H24ClFN2O3S. The van der Waals surface area contributed by atoms with Gasteiger partial charge in [0.1, 0.15) is 10.7 Å². The second kappa shape index (κ2) is 11.1. The van der Waals surface area contributed by atoms with E-state index >= 15 is 0 Å². The standard InChI is InChI=1S/C29H24ClFN2O3S/c1-33(2)37(35,36)28-19-25(16-17-27(28)30)32-29(34)26(18-20-8-14-24(31)15-9-20)23-12-10-22(11-13-23)21-6-4-3-5-7-21/h3-19H,1-2H3,(H,32,34)/b26-18+. The smallest absolute Gasteiger partial charge is 0.256 e. The highest BCUT2D eigenvalue weighted by Crippen LogP contribution is 2.29. The fraction of sp³-hybridized carbons (Fsp3) is 0.0690. The highest BCUT2D eigenvalue weighted by Gasteiger charge is 2.22. The molecule has 188 valence electrons. The van der Waals surface area contributed by atoms with Crippen LogP contribution in [0.3, 0.4) is 0 Å². The Hall–Kier alpha value is -3.78. The summed E-state index contributed by atoms with van der Waals surface area (Å²) in [5.74, 6) is -0.849. The van der Waals surface area contributed by atoms with E-state index in [2.05, 4.69) is 5.32 Å². The summed E-state index contributed by atoms with van der Waals surface area (Å²) < 4.78 is 39.8. The first kappa shape index (κ1) is 26.3. The summed E-state index contributed by atoms with van der Waals surface area (Å²) in [5, 5.41) is 2.82. The number of nitrogens with one attached hydrogen (secondary N) is 1. The molecule has 4 aromatic rings. The first-order valence-electron chi connectivity index (χ1n) is 11.3. The number of rotatable bonds is 7. The Morgan fingerprint density at radius 2 is 1.49 bits per heavy atom. The zero-order chi connectivity index (χ0) is 26.6. The monoisotopic (exact) mass is 534 g/mol. The van der Waals surface area contributed by atoms with Crippen molar-refractivity contribution in [3.8, 4) is 11.1 Å². The van der Waals surface area contributed by atoms with Crippen LogP contribution in [0, 0.1) is 5.82 Å². The van der Waals surface area contributed by atoms with Gasteiger partial charge in [0.25, 0.3) is 5.91 Å². The lowest BCUT2D eigenvalue weighted by Crippen LogP contribution is -2.23. The summed E-state index contributed by atoms with van der Waals surface area (Å²) in [6.45, 7) is 0. The van der Waals surface area contributed by atoms with E-state index in [0.29, 0.717) is 16.7 Å². The first-order valence-corrected chi connectivity index (χ1v) is 13.1. The van der Waals surface area contributed by atoms with Crippen LogP contribution in [0.4, 0.5) is 10.1 Å².